The zero-order valence-electron chi connectivity index (χ0n) is 16.4. The number of halogens is 3. The largest absolute Gasteiger partial charge is 0.327 e. The van der Waals surface area contributed by atoms with E-state index in [0.29, 0.717) is 5.52 Å². The number of hydrogen-bond donors (Lipinski definition) is 2. The molecule has 1 aromatic heterocycles. The molecule has 1 unspecified atom stereocenters. The van der Waals surface area contributed by atoms with E-state index in [2.05, 4.69) is 15.6 Å². The lowest BCUT2D eigenvalue weighted by molar-refractivity contribution is -0.120. The van der Waals surface area contributed by atoms with Gasteiger partial charge in [-0.15, -0.1) is 24.8 Å². The van der Waals surface area contributed by atoms with E-state index in [9.17, 15) is 9.18 Å². The Morgan fingerprint density at radius 1 is 1.24 bits per heavy atom. The first kappa shape index (κ1) is 23.1. The summed E-state index contributed by atoms with van der Waals surface area (Å²) in [6.45, 7) is 3.68. The van der Waals surface area contributed by atoms with Crippen LogP contribution < -0.4 is 10.6 Å². The van der Waals surface area contributed by atoms with Crippen LogP contribution in [0.25, 0.3) is 22.4 Å². The van der Waals surface area contributed by atoms with Crippen LogP contribution in [0.15, 0.2) is 36.4 Å². The Hall–Kier alpha value is -2.15. The summed E-state index contributed by atoms with van der Waals surface area (Å²) < 4.78 is 15.5. The molecule has 1 atom stereocenters. The van der Waals surface area contributed by atoms with Crippen LogP contribution in [-0.4, -0.2) is 28.5 Å². The second-order valence-corrected chi connectivity index (χ2v) is 7.19. The normalized spacial score (nSPS) is 16.0. The van der Waals surface area contributed by atoms with Gasteiger partial charge in [0.05, 0.1) is 17.0 Å². The van der Waals surface area contributed by atoms with Crippen LogP contribution in [0.3, 0.4) is 0 Å². The second kappa shape index (κ2) is 9.57. The van der Waals surface area contributed by atoms with Crippen molar-refractivity contribution in [2.75, 3.05) is 18.4 Å². The Morgan fingerprint density at radius 2 is 2.03 bits per heavy atom. The number of benzene rings is 2. The van der Waals surface area contributed by atoms with Gasteiger partial charge in [-0.05, 0) is 50.1 Å². The van der Waals surface area contributed by atoms with Crippen LogP contribution >= 0.6 is 24.8 Å². The number of nitrogens with zero attached hydrogens (tertiary/aromatic N) is 2. The molecule has 0 radical (unpaired) electrons. The number of piperidine rings is 1. The van der Waals surface area contributed by atoms with Crippen molar-refractivity contribution in [2.45, 2.75) is 19.8 Å². The number of carbonyl (C=O) groups excluding carboxylic acids is 1. The Morgan fingerprint density at radius 3 is 2.76 bits per heavy atom. The monoisotopic (exact) mass is 438 g/mol. The molecule has 4 rings (SSSR count). The molecule has 29 heavy (non-hydrogen) atoms. The average molecular weight is 439 g/mol. The Labute approximate surface area is 181 Å². The minimum atomic E-state index is -0.301. The maximum Gasteiger partial charge on any atom is 0.228 e. The molecule has 0 saturated carbocycles. The highest BCUT2D eigenvalue weighted by Gasteiger charge is 2.21. The van der Waals surface area contributed by atoms with Crippen molar-refractivity contribution in [3.8, 4) is 11.4 Å². The van der Waals surface area contributed by atoms with Gasteiger partial charge in [0, 0.05) is 30.9 Å². The van der Waals surface area contributed by atoms with E-state index in [1.54, 1.807) is 6.07 Å². The van der Waals surface area contributed by atoms with E-state index >= 15 is 0 Å². The SMILES string of the molecule is Cc1ccc(-c2nc3cc(F)ccc3n2C)cc1NC(=O)C1CCCNC1.Cl.Cl. The van der Waals surface area contributed by atoms with Gasteiger partial charge in [-0.2, -0.15) is 0 Å². The summed E-state index contributed by atoms with van der Waals surface area (Å²) in [7, 11) is 1.91. The molecule has 8 heteroatoms. The molecule has 0 bridgehead atoms. The van der Waals surface area contributed by atoms with Crippen molar-refractivity contribution >= 4 is 47.4 Å². The van der Waals surface area contributed by atoms with E-state index in [0.717, 1.165) is 54.1 Å². The average Bonchev–Trinajstić information content (AvgIpc) is 3.00. The van der Waals surface area contributed by atoms with Gasteiger partial charge in [-0.3, -0.25) is 4.79 Å². The van der Waals surface area contributed by atoms with Crippen molar-refractivity contribution in [2.24, 2.45) is 13.0 Å². The number of aromatic nitrogens is 2. The summed E-state index contributed by atoms with van der Waals surface area (Å²) in [4.78, 5) is 17.2. The van der Waals surface area contributed by atoms with Gasteiger partial charge in [0.2, 0.25) is 5.91 Å². The topological polar surface area (TPSA) is 59.0 Å². The molecular formula is C21H25Cl2FN4O. The van der Waals surface area contributed by atoms with Crippen LogP contribution in [0.1, 0.15) is 18.4 Å². The summed E-state index contributed by atoms with van der Waals surface area (Å²) in [5, 5.41) is 6.35. The number of aryl methyl sites for hydroxylation is 2. The lowest BCUT2D eigenvalue weighted by Crippen LogP contribution is -2.37. The summed E-state index contributed by atoms with van der Waals surface area (Å²) >= 11 is 0. The number of nitrogens with one attached hydrogen (secondary N) is 2. The predicted molar refractivity (Wildman–Crippen MR) is 120 cm³/mol. The lowest BCUT2D eigenvalue weighted by Gasteiger charge is -2.22. The van der Waals surface area contributed by atoms with Crippen molar-refractivity contribution in [1.82, 2.24) is 14.9 Å². The molecule has 1 saturated heterocycles. The molecule has 1 amide bonds. The number of imidazole rings is 1. The molecule has 0 aliphatic carbocycles. The number of anilines is 1. The number of fused-ring (bicyclic) bond motifs is 1. The molecule has 1 aliphatic heterocycles. The van der Waals surface area contributed by atoms with E-state index in [-0.39, 0.29) is 42.5 Å². The van der Waals surface area contributed by atoms with Gasteiger partial charge in [-0.25, -0.2) is 9.37 Å². The summed E-state index contributed by atoms with van der Waals surface area (Å²) in [5.41, 5.74) is 4.16. The summed E-state index contributed by atoms with van der Waals surface area (Å²) in [5.74, 6) is 0.491. The van der Waals surface area contributed by atoms with E-state index < -0.39 is 0 Å². The maximum atomic E-state index is 13.5. The van der Waals surface area contributed by atoms with Crippen molar-refractivity contribution < 1.29 is 9.18 Å². The standard InChI is InChI=1S/C21H23FN4O.2ClH/c1-13-5-6-14(10-17(13)25-21(27)15-4-3-9-23-12-15)20-24-18-11-16(22)7-8-19(18)26(20)2;;/h5-8,10-11,15,23H,3-4,9,12H2,1-2H3,(H,25,27);2*1H. The van der Waals surface area contributed by atoms with Gasteiger partial charge in [-0.1, -0.05) is 12.1 Å². The first-order chi connectivity index (χ1) is 13.0. The van der Waals surface area contributed by atoms with Gasteiger partial charge >= 0.3 is 0 Å². The molecule has 2 N–H and O–H groups in total. The third-order valence-corrected chi connectivity index (χ3v) is 5.26. The minimum absolute atomic E-state index is 0. The van der Waals surface area contributed by atoms with Crippen molar-refractivity contribution in [3.63, 3.8) is 0 Å². The molecule has 1 aliphatic rings. The highest BCUT2D eigenvalue weighted by molar-refractivity contribution is 5.94. The van der Waals surface area contributed by atoms with Crippen LogP contribution in [0.5, 0.6) is 0 Å². The fraction of sp³-hybridized carbons (Fsp3) is 0.333. The Kier molecular flexibility index (Phi) is 7.63. The van der Waals surface area contributed by atoms with Crippen molar-refractivity contribution in [3.05, 3.63) is 47.8 Å². The smallest absolute Gasteiger partial charge is 0.228 e. The molecule has 2 heterocycles. The Bertz CT molecular complexity index is 1020. The summed E-state index contributed by atoms with van der Waals surface area (Å²) in [6.07, 6.45) is 1.93. The maximum absolute atomic E-state index is 13.5. The van der Waals surface area contributed by atoms with Crippen LogP contribution in [0.2, 0.25) is 0 Å². The number of carbonyl (C=O) groups is 1. The predicted octanol–water partition coefficient (Wildman–Crippen LogP) is 4.47. The number of hydrogen-bond acceptors (Lipinski definition) is 3. The quantitative estimate of drug-likeness (QED) is 0.633. The zero-order chi connectivity index (χ0) is 19.0. The third kappa shape index (κ3) is 4.71. The molecule has 5 nitrogen and oxygen atoms in total. The third-order valence-electron chi connectivity index (χ3n) is 5.26. The van der Waals surface area contributed by atoms with E-state index in [4.69, 9.17) is 0 Å². The molecule has 1 fully saturated rings. The van der Waals surface area contributed by atoms with Gasteiger partial charge < -0.3 is 15.2 Å². The highest BCUT2D eigenvalue weighted by Crippen LogP contribution is 2.28. The summed E-state index contributed by atoms with van der Waals surface area (Å²) in [6, 6.07) is 10.5. The fourth-order valence-corrected chi connectivity index (χ4v) is 3.64. The van der Waals surface area contributed by atoms with Crippen molar-refractivity contribution in [1.29, 1.82) is 0 Å². The lowest BCUT2D eigenvalue weighted by atomic mass is 9.98. The molecule has 2 aromatic carbocycles. The van der Waals surface area contributed by atoms with Gasteiger partial charge in [0.15, 0.2) is 0 Å². The van der Waals surface area contributed by atoms with Crippen LogP contribution in [-0.2, 0) is 11.8 Å². The van der Waals surface area contributed by atoms with Gasteiger partial charge in [0.25, 0.3) is 0 Å². The van der Waals surface area contributed by atoms with Gasteiger partial charge in [0.1, 0.15) is 11.6 Å². The van der Waals surface area contributed by atoms with E-state index in [1.165, 1.54) is 12.1 Å². The number of rotatable bonds is 3. The molecule has 0 spiro atoms. The minimum Gasteiger partial charge on any atom is -0.327 e. The van der Waals surface area contributed by atoms with E-state index in [1.807, 2.05) is 36.7 Å². The molecule has 3 aromatic rings. The van der Waals surface area contributed by atoms with Crippen LogP contribution in [0.4, 0.5) is 10.1 Å². The second-order valence-electron chi connectivity index (χ2n) is 7.19. The Balaban J connectivity index is 0.00000150. The molecule has 156 valence electrons. The molecular weight excluding hydrogens is 414 g/mol. The number of amides is 1. The fourth-order valence-electron chi connectivity index (χ4n) is 3.64. The highest BCUT2D eigenvalue weighted by atomic mass is 35.5. The first-order valence-electron chi connectivity index (χ1n) is 9.27. The zero-order valence-corrected chi connectivity index (χ0v) is 18.0. The first-order valence-corrected chi connectivity index (χ1v) is 9.27. The van der Waals surface area contributed by atoms with Crippen LogP contribution in [0, 0.1) is 18.7 Å².